The van der Waals surface area contributed by atoms with Gasteiger partial charge in [-0.25, -0.2) is 0 Å². The van der Waals surface area contributed by atoms with E-state index in [2.05, 4.69) is 17.0 Å². The van der Waals surface area contributed by atoms with Crippen molar-refractivity contribution in [3.05, 3.63) is 64.2 Å². The Bertz CT molecular complexity index is 821. The minimum Gasteiger partial charge on any atom is -0.494 e. The van der Waals surface area contributed by atoms with Gasteiger partial charge in [0.1, 0.15) is 5.75 Å². The van der Waals surface area contributed by atoms with Gasteiger partial charge >= 0.3 is 0 Å². The number of likely N-dealkylation sites (tertiary alicyclic amines) is 1. The molecule has 28 heavy (non-hydrogen) atoms. The van der Waals surface area contributed by atoms with E-state index in [1.807, 2.05) is 19.1 Å². The van der Waals surface area contributed by atoms with Gasteiger partial charge < -0.3 is 9.64 Å². The van der Waals surface area contributed by atoms with Crippen LogP contribution < -0.4 is 9.64 Å². The Morgan fingerprint density at radius 3 is 2.50 bits per heavy atom. The lowest BCUT2D eigenvalue weighted by Crippen LogP contribution is -2.38. The van der Waals surface area contributed by atoms with Crippen LogP contribution in [0.2, 0.25) is 0 Å². The highest BCUT2D eigenvalue weighted by molar-refractivity contribution is 5.94. The molecule has 0 aromatic heterocycles. The standard InChI is InChI=1S/C21H25N3O4/c1-3-28-19-12-6-16(7-13-19)20-5-4-14-23(20)15-21(25)22(2)17-8-10-18(11-9-17)24(26)27/h6-13,20H,3-5,14-15H2,1-2H3/t20-/m1/s1. The van der Waals surface area contributed by atoms with Crippen LogP contribution >= 0.6 is 0 Å². The first-order valence-corrected chi connectivity index (χ1v) is 9.47. The Morgan fingerprint density at radius 1 is 1.21 bits per heavy atom. The van der Waals surface area contributed by atoms with E-state index in [9.17, 15) is 14.9 Å². The fourth-order valence-electron chi connectivity index (χ4n) is 3.57. The molecule has 7 heteroatoms. The number of anilines is 1. The Balaban J connectivity index is 1.65. The summed E-state index contributed by atoms with van der Waals surface area (Å²) >= 11 is 0. The summed E-state index contributed by atoms with van der Waals surface area (Å²) in [5.74, 6) is 0.816. The van der Waals surface area contributed by atoms with Crippen LogP contribution in [0.1, 0.15) is 31.4 Å². The molecule has 2 aromatic rings. The van der Waals surface area contributed by atoms with Gasteiger partial charge in [0.2, 0.25) is 5.91 Å². The number of nitro groups is 1. The molecule has 1 amide bonds. The predicted octanol–water partition coefficient (Wildman–Crippen LogP) is 3.79. The molecule has 0 spiro atoms. The molecule has 0 N–H and O–H groups in total. The lowest BCUT2D eigenvalue weighted by atomic mass is 10.0. The van der Waals surface area contributed by atoms with Gasteiger partial charge in [0.05, 0.1) is 18.1 Å². The molecule has 0 saturated carbocycles. The summed E-state index contributed by atoms with van der Waals surface area (Å²) in [4.78, 5) is 26.8. The maximum absolute atomic E-state index is 12.8. The molecule has 1 fully saturated rings. The topological polar surface area (TPSA) is 75.9 Å². The monoisotopic (exact) mass is 383 g/mol. The fraction of sp³-hybridized carbons (Fsp3) is 0.381. The SMILES string of the molecule is CCOc1ccc([C@H]2CCCN2CC(=O)N(C)c2ccc([N+](=O)[O-])cc2)cc1. The number of amides is 1. The predicted molar refractivity (Wildman–Crippen MR) is 108 cm³/mol. The van der Waals surface area contributed by atoms with Crippen LogP contribution in [0.15, 0.2) is 48.5 Å². The first-order chi connectivity index (χ1) is 13.5. The zero-order valence-electron chi connectivity index (χ0n) is 16.2. The number of likely N-dealkylation sites (N-methyl/N-ethyl adjacent to an activating group) is 1. The third-order valence-electron chi connectivity index (χ3n) is 5.10. The Morgan fingerprint density at radius 2 is 1.89 bits per heavy atom. The van der Waals surface area contributed by atoms with Crippen molar-refractivity contribution in [3.8, 4) is 5.75 Å². The number of nitro benzene ring substituents is 1. The van der Waals surface area contributed by atoms with Gasteiger partial charge in [-0.2, -0.15) is 0 Å². The number of rotatable bonds is 7. The molecule has 3 rings (SSSR count). The number of carbonyl (C=O) groups is 1. The summed E-state index contributed by atoms with van der Waals surface area (Å²) in [7, 11) is 1.70. The van der Waals surface area contributed by atoms with Crippen molar-refractivity contribution in [1.29, 1.82) is 0 Å². The Kier molecular flexibility index (Phi) is 6.26. The van der Waals surface area contributed by atoms with E-state index < -0.39 is 4.92 Å². The largest absolute Gasteiger partial charge is 0.494 e. The molecule has 1 heterocycles. The number of non-ortho nitro benzene ring substituents is 1. The number of carbonyl (C=O) groups excluding carboxylic acids is 1. The molecule has 148 valence electrons. The van der Waals surface area contributed by atoms with E-state index in [0.717, 1.165) is 25.1 Å². The summed E-state index contributed by atoms with van der Waals surface area (Å²) in [6.07, 6.45) is 2.06. The second kappa shape index (κ2) is 8.84. The lowest BCUT2D eigenvalue weighted by molar-refractivity contribution is -0.384. The number of ether oxygens (including phenoxy) is 1. The van der Waals surface area contributed by atoms with Crippen molar-refractivity contribution in [2.75, 3.05) is 31.6 Å². The Labute approximate surface area is 164 Å². The summed E-state index contributed by atoms with van der Waals surface area (Å²) in [6, 6.07) is 14.3. The summed E-state index contributed by atoms with van der Waals surface area (Å²) in [6.45, 7) is 3.78. The number of nitrogens with zero attached hydrogens (tertiary/aromatic N) is 3. The average molecular weight is 383 g/mol. The van der Waals surface area contributed by atoms with Crippen molar-refractivity contribution in [1.82, 2.24) is 4.90 Å². The molecular formula is C21H25N3O4. The van der Waals surface area contributed by atoms with Crippen molar-refractivity contribution < 1.29 is 14.5 Å². The van der Waals surface area contributed by atoms with Crippen LogP contribution in [0.25, 0.3) is 0 Å². The first kappa shape index (κ1) is 19.8. The third kappa shape index (κ3) is 4.48. The molecule has 2 aromatic carbocycles. The molecule has 0 unspecified atom stereocenters. The van der Waals surface area contributed by atoms with Gasteiger partial charge in [-0.1, -0.05) is 12.1 Å². The number of hydrogen-bond acceptors (Lipinski definition) is 5. The number of benzene rings is 2. The second-order valence-corrected chi connectivity index (χ2v) is 6.86. The minimum absolute atomic E-state index is 0.0136. The van der Waals surface area contributed by atoms with Crippen LogP contribution in [-0.4, -0.2) is 42.5 Å². The molecule has 0 radical (unpaired) electrons. The van der Waals surface area contributed by atoms with Crippen LogP contribution in [0.5, 0.6) is 5.75 Å². The highest BCUT2D eigenvalue weighted by atomic mass is 16.6. The van der Waals surface area contributed by atoms with Gasteiger partial charge in [-0.15, -0.1) is 0 Å². The van der Waals surface area contributed by atoms with Crippen molar-refractivity contribution in [3.63, 3.8) is 0 Å². The molecule has 1 saturated heterocycles. The van der Waals surface area contributed by atoms with Gasteiger partial charge in [-0.3, -0.25) is 19.8 Å². The zero-order chi connectivity index (χ0) is 20.1. The van der Waals surface area contributed by atoms with Crippen LogP contribution in [-0.2, 0) is 4.79 Å². The second-order valence-electron chi connectivity index (χ2n) is 6.86. The lowest BCUT2D eigenvalue weighted by Gasteiger charge is -2.27. The highest BCUT2D eigenvalue weighted by Gasteiger charge is 2.28. The van der Waals surface area contributed by atoms with Gasteiger partial charge in [0.15, 0.2) is 0 Å². The van der Waals surface area contributed by atoms with E-state index in [1.165, 1.54) is 17.7 Å². The number of hydrogen-bond donors (Lipinski definition) is 0. The van der Waals surface area contributed by atoms with E-state index in [-0.39, 0.29) is 17.6 Å². The molecule has 7 nitrogen and oxygen atoms in total. The van der Waals surface area contributed by atoms with Gasteiger partial charge in [0, 0.05) is 30.9 Å². The first-order valence-electron chi connectivity index (χ1n) is 9.47. The van der Waals surface area contributed by atoms with Crippen molar-refractivity contribution in [2.24, 2.45) is 0 Å². The van der Waals surface area contributed by atoms with E-state index in [0.29, 0.717) is 18.8 Å². The Hall–Kier alpha value is -2.93. The normalized spacial score (nSPS) is 16.7. The quantitative estimate of drug-likeness (QED) is 0.537. The smallest absolute Gasteiger partial charge is 0.269 e. The third-order valence-corrected chi connectivity index (χ3v) is 5.10. The van der Waals surface area contributed by atoms with Crippen LogP contribution in [0.3, 0.4) is 0 Å². The average Bonchev–Trinajstić information content (AvgIpc) is 3.16. The van der Waals surface area contributed by atoms with E-state index >= 15 is 0 Å². The van der Waals surface area contributed by atoms with E-state index in [1.54, 1.807) is 24.1 Å². The summed E-state index contributed by atoms with van der Waals surface area (Å²) < 4.78 is 5.50. The highest BCUT2D eigenvalue weighted by Crippen LogP contribution is 2.32. The molecular weight excluding hydrogens is 358 g/mol. The van der Waals surface area contributed by atoms with Crippen molar-refractivity contribution >= 4 is 17.3 Å². The molecule has 0 bridgehead atoms. The summed E-state index contributed by atoms with van der Waals surface area (Å²) in [5, 5.41) is 10.8. The minimum atomic E-state index is -0.447. The zero-order valence-corrected chi connectivity index (χ0v) is 16.2. The fourth-order valence-corrected chi connectivity index (χ4v) is 3.57. The van der Waals surface area contributed by atoms with E-state index in [4.69, 9.17) is 4.74 Å². The molecule has 1 aliphatic heterocycles. The maximum Gasteiger partial charge on any atom is 0.269 e. The van der Waals surface area contributed by atoms with Crippen LogP contribution in [0, 0.1) is 10.1 Å². The molecule has 1 atom stereocenters. The van der Waals surface area contributed by atoms with Gasteiger partial charge in [0.25, 0.3) is 5.69 Å². The maximum atomic E-state index is 12.8. The van der Waals surface area contributed by atoms with Gasteiger partial charge in [-0.05, 0) is 56.1 Å². The molecule has 0 aliphatic carbocycles. The van der Waals surface area contributed by atoms with Crippen molar-refractivity contribution in [2.45, 2.75) is 25.8 Å². The van der Waals surface area contributed by atoms with Crippen LogP contribution in [0.4, 0.5) is 11.4 Å². The summed E-state index contributed by atoms with van der Waals surface area (Å²) in [5.41, 5.74) is 1.85. The molecule has 1 aliphatic rings.